The van der Waals surface area contributed by atoms with Gasteiger partial charge in [0.2, 0.25) is 0 Å². The molecule has 2 unspecified atom stereocenters. The van der Waals surface area contributed by atoms with Crippen molar-refractivity contribution in [3.63, 3.8) is 0 Å². The molecule has 0 saturated heterocycles. The molecule has 7 nitrogen and oxygen atoms in total. The molecule has 8 heteroatoms. The van der Waals surface area contributed by atoms with Crippen LogP contribution in [0.5, 0.6) is 0 Å². The van der Waals surface area contributed by atoms with Gasteiger partial charge in [-0.15, -0.1) is 0 Å². The van der Waals surface area contributed by atoms with E-state index in [2.05, 4.69) is 4.52 Å². The minimum Gasteiger partial charge on any atom is -0.373 e. The van der Waals surface area contributed by atoms with Gasteiger partial charge in [0.05, 0.1) is 6.04 Å². The van der Waals surface area contributed by atoms with Gasteiger partial charge in [-0.25, -0.2) is 4.57 Å². The van der Waals surface area contributed by atoms with E-state index in [1.54, 1.807) is 6.08 Å². The third-order valence-corrected chi connectivity index (χ3v) is 3.03. The number of allylic oxidation sites excluding steroid dienone is 2. The molecule has 102 valence electrons. The normalized spacial score (nSPS) is 29.3. The van der Waals surface area contributed by atoms with E-state index in [0.717, 1.165) is 0 Å². The van der Waals surface area contributed by atoms with E-state index in [-0.39, 0.29) is 0 Å². The molecule has 0 radical (unpaired) electrons. The second-order valence-electron chi connectivity index (χ2n) is 3.93. The van der Waals surface area contributed by atoms with E-state index in [1.807, 2.05) is 0 Å². The van der Waals surface area contributed by atoms with E-state index in [1.165, 1.54) is 32.3 Å². The largest absolute Gasteiger partial charge is 0.470 e. The zero-order chi connectivity index (χ0) is 14.0. The van der Waals surface area contributed by atoms with Gasteiger partial charge in [-0.05, 0) is 13.0 Å². The highest BCUT2D eigenvalue weighted by atomic mass is 31.2. The zero-order valence-electron chi connectivity index (χ0n) is 10.0. The topological polar surface area (TPSA) is 119 Å². The second-order valence-corrected chi connectivity index (χ2v) is 5.09. The Morgan fingerprint density at radius 1 is 1.50 bits per heavy atom. The van der Waals surface area contributed by atoms with Crippen LogP contribution in [0.25, 0.3) is 0 Å². The number of phosphoric acid groups is 1. The smallest absolute Gasteiger partial charge is 0.373 e. The summed E-state index contributed by atoms with van der Waals surface area (Å²) in [6.07, 6.45) is 4.80. The molecule has 0 saturated carbocycles. The van der Waals surface area contributed by atoms with Gasteiger partial charge in [0.1, 0.15) is 6.10 Å². The van der Waals surface area contributed by atoms with Crippen LogP contribution >= 0.6 is 7.82 Å². The SMILES string of the molecule is COC1C=CC=CC1(OP(=O)(O)O)C(=O)[C@H](C)N. The summed E-state index contributed by atoms with van der Waals surface area (Å²) >= 11 is 0. The van der Waals surface area contributed by atoms with Crippen LogP contribution in [0.3, 0.4) is 0 Å². The highest BCUT2D eigenvalue weighted by Crippen LogP contribution is 2.45. The maximum atomic E-state index is 12.1. The number of carbonyl (C=O) groups excluding carboxylic acids is 1. The van der Waals surface area contributed by atoms with Gasteiger partial charge in [-0.1, -0.05) is 18.2 Å². The van der Waals surface area contributed by atoms with Crippen molar-refractivity contribution in [2.24, 2.45) is 5.73 Å². The van der Waals surface area contributed by atoms with Crippen molar-refractivity contribution < 1.29 is 28.4 Å². The molecule has 0 amide bonds. The van der Waals surface area contributed by atoms with Gasteiger partial charge in [0, 0.05) is 7.11 Å². The van der Waals surface area contributed by atoms with Crippen LogP contribution in [-0.2, 0) is 18.6 Å². The fourth-order valence-electron chi connectivity index (χ4n) is 1.76. The lowest BCUT2D eigenvalue weighted by Crippen LogP contribution is -2.55. The number of methoxy groups -OCH3 is 1. The highest BCUT2D eigenvalue weighted by molar-refractivity contribution is 7.46. The summed E-state index contributed by atoms with van der Waals surface area (Å²) in [4.78, 5) is 30.0. The number of ketones is 1. The van der Waals surface area contributed by atoms with Crippen molar-refractivity contribution in [1.82, 2.24) is 0 Å². The Morgan fingerprint density at radius 2 is 2.11 bits per heavy atom. The molecule has 0 bridgehead atoms. The first kappa shape index (κ1) is 15.2. The Hall–Kier alpha value is -0.820. The molecule has 1 aliphatic rings. The number of ether oxygens (including phenoxy) is 1. The lowest BCUT2D eigenvalue weighted by Gasteiger charge is -2.36. The maximum absolute atomic E-state index is 12.1. The maximum Gasteiger partial charge on any atom is 0.470 e. The van der Waals surface area contributed by atoms with Crippen LogP contribution in [0.15, 0.2) is 24.3 Å². The van der Waals surface area contributed by atoms with Crippen LogP contribution in [0.1, 0.15) is 6.92 Å². The van der Waals surface area contributed by atoms with Crippen LogP contribution in [0.4, 0.5) is 0 Å². The van der Waals surface area contributed by atoms with Gasteiger partial charge < -0.3 is 20.3 Å². The fraction of sp³-hybridized carbons (Fsp3) is 0.500. The summed E-state index contributed by atoms with van der Waals surface area (Å²) in [7, 11) is -3.58. The van der Waals surface area contributed by atoms with Crippen LogP contribution < -0.4 is 5.73 Å². The van der Waals surface area contributed by atoms with E-state index < -0.39 is 31.4 Å². The Bertz CT molecular complexity index is 426. The first-order chi connectivity index (χ1) is 8.23. The third-order valence-electron chi connectivity index (χ3n) is 2.49. The lowest BCUT2D eigenvalue weighted by atomic mass is 9.85. The number of carbonyl (C=O) groups is 1. The number of Topliss-reactive ketones (excluding diaryl/α,β-unsaturated/α-hetero) is 1. The summed E-state index contributed by atoms with van der Waals surface area (Å²) in [5, 5.41) is 0. The molecule has 0 aromatic carbocycles. The Balaban J connectivity index is 3.24. The number of hydrogen-bond donors (Lipinski definition) is 3. The Labute approximate surface area is 105 Å². The number of phosphoric ester groups is 1. The molecule has 0 aliphatic heterocycles. The summed E-state index contributed by atoms with van der Waals surface area (Å²) in [6.45, 7) is 1.41. The molecular formula is C10H16NO6P. The molecule has 18 heavy (non-hydrogen) atoms. The monoisotopic (exact) mass is 277 g/mol. The predicted molar refractivity (Wildman–Crippen MR) is 63.6 cm³/mol. The quantitative estimate of drug-likeness (QED) is 0.600. The first-order valence-corrected chi connectivity index (χ1v) is 6.71. The van der Waals surface area contributed by atoms with Crippen molar-refractivity contribution in [1.29, 1.82) is 0 Å². The summed E-state index contributed by atoms with van der Waals surface area (Å²) in [5.74, 6) is -0.668. The summed E-state index contributed by atoms with van der Waals surface area (Å²) < 4.78 is 20.8. The molecule has 0 aromatic heterocycles. The third kappa shape index (κ3) is 3.14. The van der Waals surface area contributed by atoms with Crippen LogP contribution in [0, 0.1) is 0 Å². The van der Waals surface area contributed by atoms with Crippen molar-refractivity contribution in [2.45, 2.75) is 24.7 Å². The van der Waals surface area contributed by atoms with E-state index >= 15 is 0 Å². The fourth-order valence-corrected chi connectivity index (χ4v) is 2.41. The average molecular weight is 277 g/mol. The van der Waals surface area contributed by atoms with Crippen molar-refractivity contribution >= 4 is 13.6 Å². The molecule has 1 rings (SSSR count). The van der Waals surface area contributed by atoms with Crippen LogP contribution in [0.2, 0.25) is 0 Å². The standard InChI is InChI=1S/C10H16NO6P/c1-7(11)9(12)10(17-18(13,14)15)6-4-3-5-8(10)16-2/h3-8H,11H2,1-2H3,(H2,13,14,15)/t7-,8?,10?/m0/s1. The summed E-state index contributed by atoms with van der Waals surface area (Å²) in [5.41, 5.74) is 3.59. The number of hydrogen-bond acceptors (Lipinski definition) is 5. The molecule has 4 N–H and O–H groups in total. The van der Waals surface area contributed by atoms with Gasteiger partial charge in [-0.2, -0.15) is 0 Å². The average Bonchev–Trinajstić information content (AvgIpc) is 2.26. The minimum atomic E-state index is -4.89. The van der Waals surface area contributed by atoms with E-state index in [4.69, 9.17) is 20.3 Å². The molecule has 0 fully saturated rings. The molecule has 0 aromatic rings. The van der Waals surface area contributed by atoms with Gasteiger partial charge >= 0.3 is 7.82 Å². The second kappa shape index (κ2) is 5.44. The van der Waals surface area contributed by atoms with Gasteiger partial charge in [0.15, 0.2) is 11.4 Å². The van der Waals surface area contributed by atoms with Crippen LogP contribution in [-0.4, -0.2) is 40.4 Å². The van der Waals surface area contributed by atoms with Crippen molar-refractivity contribution in [3.05, 3.63) is 24.3 Å². The molecule has 0 spiro atoms. The minimum absolute atomic E-state index is 0.668. The van der Waals surface area contributed by atoms with E-state index in [9.17, 15) is 9.36 Å². The Morgan fingerprint density at radius 3 is 2.56 bits per heavy atom. The predicted octanol–water partition coefficient (Wildman–Crippen LogP) is -0.108. The lowest BCUT2D eigenvalue weighted by molar-refractivity contribution is -0.141. The molecule has 0 heterocycles. The van der Waals surface area contributed by atoms with Crippen molar-refractivity contribution in [2.75, 3.05) is 7.11 Å². The molecule has 1 aliphatic carbocycles. The summed E-state index contributed by atoms with van der Waals surface area (Å²) in [6, 6.07) is -0.953. The molecular weight excluding hydrogens is 261 g/mol. The van der Waals surface area contributed by atoms with Crippen molar-refractivity contribution in [3.8, 4) is 0 Å². The number of nitrogens with two attached hydrogens (primary N) is 1. The first-order valence-electron chi connectivity index (χ1n) is 5.18. The van der Waals surface area contributed by atoms with Gasteiger partial charge in [-0.3, -0.25) is 9.32 Å². The van der Waals surface area contributed by atoms with E-state index in [0.29, 0.717) is 0 Å². The Kier molecular flexibility index (Phi) is 4.61. The zero-order valence-corrected chi connectivity index (χ0v) is 10.9. The molecule has 3 atom stereocenters. The highest BCUT2D eigenvalue weighted by Gasteiger charge is 2.50. The van der Waals surface area contributed by atoms with Gasteiger partial charge in [0.25, 0.3) is 0 Å². The number of rotatable bonds is 5.